The van der Waals surface area contributed by atoms with Crippen molar-refractivity contribution in [2.45, 2.75) is 52.3 Å². The first-order chi connectivity index (χ1) is 16.2. The van der Waals surface area contributed by atoms with E-state index in [0.29, 0.717) is 6.61 Å². The highest BCUT2D eigenvalue weighted by Crippen LogP contribution is 2.37. The molecular weight excluding hydrogens is 438 g/mol. The van der Waals surface area contributed by atoms with Crippen LogP contribution < -0.4 is 15.7 Å². The molecule has 0 saturated heterocycles. The van der Waals surface area contributed by atoms with Crippen LogP contribution in [0, 0.1) is 5.92 Å². The lowest BCUT2D eigenvalue weighted by Crippen LogP contribution is -2.67. The van der Waals surface area contributed by atoms with Gasteiger partial charge in [0.1, 0.15) is 6.61 Å². The average Bonchev–Trinajstić information content (AvgIpc) is 2.83. The van der Waals surface area contributed by atoms with Gasteiger partial charge in [-0.15, -0.1) is 0 Å². The molecule has 0 aliphatic rings. The Morgan fingerprint density at radius 1 is 0.824 bits per heavy atom. The van der Waals surface area contributed by atoms with Crippen molar-refractivity contribution >= 4 is 24.8 Å². The number of rotatable bonds is 9. The van der Waals surface area contributed by atoms with Crippen LogP contribution in [0.3, 0.4) is 0 Å². The predicted molar refractivity (Wildman–Crippen MR) is 142 cm³/mol. The number of hydrogen-bond acceptors (Lipinski definition) is 3. The van der Waals surface area contributed by atoms with E-state index >= 15 is 0 Å². The van der Waals surface area contributed by atoms with Gasteiger partial charge in [-0.25, -0.2) is 4.79 Å². The van der Waals surface area contributed by atoms with E-state index in [1.807, 2.05) is 42.5 Å². The minimum absolute atomic E-state index is 0.120. The summed E-state index contributed by atoms with van der Waals surface area (Å²) in [6.45, 7) is 11.6. The lowest BCUT2D eigenvalue weighted by molar-refractivity contribution is 0.125. The minimum Gasteiger partial charge on any atom is -0.445 e. The van der Waals surface area contributed by atoms with Crippen LogP contribution in [0.1, 0.15) is 40.2 Å². The van der Waals surface area contributed by atoms with E-state index in [4.69, 9.17) is 9.16 Å². The predicted octanol–water partition coefficient (Wildman–Crippen LogP) is 5.51. The SMILES string of the molecule is CC(C)C(CO[Si](c1ccccc1)(c1ccccc1)C(C)(C)C)NC(=O)OCc1ccccc1. The van der Waals surface area contributed by atoms with Gasteiger partial charge in [-0.05, 0) is 26.9 Å². The second-order valence-electron chi connectivity index (χ2n) is 10.0. The van der Waals surface area contributed by atoms with Gasteiger partial charge in [0.25, 0.3) is 8.32 Å². The Kier molecular flexibility index (Phi) is 8.70. The van der Waals surface area contributed by atoms with Crippen molar-refractivity contribution < 1.29 is 14.0 Å². The largest absolute Gasteiger partial charge is 0.445 e. The summed E-state index contributed by atoms with van der Waals surface area (Å²) >= 11 is 0. The third-order valence-corrected chi connectivity index (χ3v) is 11.2. The summed E-state index contributed by atoms with van der Waals surface area (Å²) in [6, 6.07) is 30.6. The maximum absolute atomic E-state index is 12.6. The molecule has 0 radical (unpaired) electrons. The van der Waals surface area contributed by atoms with Crippen molar-refractivity contribution in [2.24, 2.45) is 5.92 Å². The van der Waals surface area contributed by atoms with Crippen LogP contribution >= 0.6 is 0 Å². The summed E-state index contributed by atoms with van der Waals surface area (Å²) < 4.78 is 12.5. The van der Waals surface area contributed by atoms with Gasteiger partial charge >= 0.3 is 6.09 Å². The number of hydrogen-bond donors (Lipinski definition) is 1. The monoisotopic (exact) mass is 475 g/mol. The fourth-order valence-electron chi connectivity index (χ4n) is 4.29. The summed E-state index contributed by atoms with van der Waals surface area (Å²) in [6.07, 6.45) is -0.423. The van der Waals surface area contributed by atoms with Crippen LogP contribution in [0.4, 0.5) is 4.79 Å². The van der Waals surface area contributed by atoms with E-state index in [9.17, 15) is 4.79 Å². The molecule has 0 spiro atoms. The Morgan fingerprint density at radius 3 is 1.74 bits per heavy atom. The maximum atomic E-state index is 12.6. The normalized spacial score (nSPS) is 12.9. The third-order valence-electron chi connectivity index (χ3n) is 6.22. The summed E-state index contributed by atoms with van der Waals surface area (Å²) in [4.78, 5) is 12.6. The molecule has 5 heteroatoms. The van der Waals surface area contributed by atoms with Crippen LogP contribution in [-0.2, 0) is 15.8 Å². The van der Waals surface area contributed by atoms with Gasteiger partial charge in [-0.2, -0.15) is 0 Å². The summed E-state index contributed by atoms with van der Waals surface area (Å²) in [5, 5.41) is 5.38. The fraction of sp³-hybridized carbons (Fsp3) is 0.345. The van der Waals surface area contributed by atoms with Crippen molar-refractivity contribution in [3.63, 3.8) is 0 Å². The zero-order valence-electron chi connectivity index (χ0n) is 21.0. The van der Waals surface area contributed by atoms with E-state index in [0.717, 1.165) is 5.56 Å². The average molecular weight is 476 g/mol. The molecule has 0 fully saturated rings. The first-order valence-corrected chi connectivity index (χ1v) is 13.9. The van der Waals surface area contributed by atoms with Crippen molar-refractivity contribution in [1.29, 1.82) is 0 Å². The molecule has 0 saturated carbocycles. The highest BCUT2D eigenvalue weighted by atomic mass is 28.4. The lowest BCUT2D eigenvalue weighted by Gasteiger charge is -2.44. The number of carbonyl (C=O) groups excluding carboxylic acids is 1. The van der Waals surface area contributed by atoms with Crippen molar-refractivity contribution in [2.75, 3.05) is 6.61 Å². The number of amides is 1. The van der Waals surface area contributed by atoms with Gasteiger partial charge in [0.15, 0.2) is 0 Å². The first kappa shape index (κ1) is 25.7. The maximum Gasteiger partial charge on any atom is 0.407 e. The van der Waals surface area contributed by atoms with E-state index in [1.54, 1.807) is 0 Å². The Bertz CT molecular complexity index is 978. The van der Waals surface area contributed by atoms with Gasteiger partial charge in [-0.3, -0.25) is 0 Å². The number of alkyl carbamates (subject to hydrolysis) is 1. The highest BCUT2D eigenvalue weighted by molar-refractivity contribution is 6.99. The molecular formula is C29H37NO3Si. The Balaban J connectivity index is 1.83. The molecule has 3 aromatic carbocycles. The molecule has 1 amide bonds. The number of ether oxygens (including phenoxy) is 1. The standard InChI is InChI=1S/C29H37NO3Si/c1-23(2)27(30-28(31)32-21-24-15-9-6-10-16-24)22-33-34(29(3,4)5,25-17-11-7-12-18-25)26-19-13-8-14-20-26/h6-20,23,27H,21-22H2,1-5H3,(H,30,31). The molecule has 180 valence electrons. The van der Waals surface area contributed by atoms with Crippen molar-refractivity contribution in [3.05, 3.63) is 96.6 Å². The molecule has 1 N–H and O–H groups in total. The zero-order chi connectivity index (χ0) is 24.6. The Labute approximate surface area is 205 Å². The molecule has 4 nitrogen and oxygen atoms in total. The Morgan fingerprint density at radius 2 is 1.29 bits per heavy atom. The molecule has 0 aliphatic carbocycles. The smallest absolute Gasteiger partial charge is 0.407 e. The van der Waals surface area contributed by atoms with Crippen LogP contribution in [-0.4, -0.2) is 27.1 Å². The van der Waals surface area contributed by atoms with E-state index in [-0.39, 0.29) is 23.6 Å². The molecule has 34 heavy (non-hydrogen) atoms. The van der Waals surface area contributed by atoms with Crippen LogP contribution in [0.2, 0.25) is 5.04 Å². The van der Waals surface area contributed by atoms with Crippen molar-refractivity contribution in [1.82, 2.24) is 5.32 Å². The van der Waals surface area contributed by atoms with Gasteiger partial charge in [0.05, 0.1) is 12.6 Å². The van der Waals surface area contributed by atoms with Gasteiger partial charge in [0, 0.05) is 0 Å². The molecule has 3 rings (SSSR count). The number of benzene rings is 3. The molecule has 1 atom stereocenters. The van der Waals surface area contributed by atoms with Gasteiger partial charge in [0.2, 0.25) is 0 Å². The molecule has 0 aromatic heterocycles. The van der Waals surface area contributed by atoms with Crippen LogP contribution in [0.25, 0.3) is 0 Å². The van der Waals surface area contributed by atoms with Gasteiger partial charge < -0.3 is 14.5 Å². The minimum atomic E-state index is -2.67. The van der Waals surface area contributed by atoms with Gasteiger partial charge in [-0.1, -0.05) is 126 Å². The van der Waals surface area contributed by atoms with Crippen LogP contribution in [0.5, 0.6) is 0 Å². The van der Waals surface area contributed by atoms with Crippen molar-refractivity contribution in [3.8, 4) is 0 Å². The number of carbonyl (C=O) groups is 1. The van der Waals surface area contributed by atoms with E-state index < -0.39 is 14.4 Å². The summed E-state index contributed by atoms with van der Waals surface area (Å²) in [5.74, 6) is 0.183. The molecule has 0 aliphatic heterocycles. The third kappa shape index (κ3) is 6.16. The topological polar surface area (TPSA) is 47.6 Å². The molecule has 1 unspecified atom stereocenters. The second-order valence-corrected chi connectivity index (χ2v) is 14.3. The second kappa shape index (κ2) is 11.5. The zero-order valence-corrected chi connectivity index (χ0v) is 22.0. The highest BCUT2D eigenvalue weighted by Gasteiger charge is 2.50. The molecule has 0 heterocycles. The lowest BCUT2D eigenvalue weighted by atomic mass is 10.1. The molecule has 3 aromatic rings. The summed E-state index contributed by atoms with van der Waals surface area (Å²) in [7, 11) is -2.67. The fourth-order valence-corrected chi connectivity index (χ4v) is 8.88. The first-order valence-electron chi connectivity index (χ1n) is 12.0. The Hall–Kier alpha value is -2.89. The molecule has 0 bridgehead atoms. The van der Waals surface area contributed by atoms with E-state index in [2.05, 4.69) is 88.5 Å². The number of nitrogens with one attached hydrogen (secondary N) is 1. The van der Waals surface area contributed by atoms with Crippen LogP contribution in [0.15, 0.2) is 91.0 Å². The summed E-state index contributed by atoms with van der Waals surface area (Å²) in [5.41, 5.74) is 0.960. The van der Waals surface area contributed by atoms with E-state index in [1.165, 1.54) is 10.4 Å². The quantitative estimate of drug-likeness (QED) is 0.415.